The first kappa shape index (κ1) is 17.2. The van der Waals surface area contributed by atoms with Crippen molar-refractivity contribution in [3.63, 3.8) is 0 Å². The maximum Gasteiger partial charge on any atom is 0.127 e. The van der Waals surface area contributed by atoms with E-state index in [1.165, 1.54) is 10.8 Å². The Labute approximate surface area is 145 Å². The Morgan fingerprint density at radius 2 is 1.71 bits per heavy atom. The largest absolute Gasteiger partial charge is 0.491 e. The van der Waals surface area contributed by atoms with Gasteiger partial charge in [0.25, 0.3) is 0 Å². The SMILES string of the molecule is CCOCC(COc1cccc2ccccc12)N1CCN(C)CC1. The number of ether oxygens (including phenoxy) is 2. The van der Waals surface area contributed by atoms with Crippen molar-refractivity contribution in [1.82, 2.24) is 9.80 Å². The summed E-state index contributed by atoms with van der Waals surface area (Å²) in [5.41, 5.74) is 0. The molecule has 1 aliphatic rings. The summed E-state index contributed by atoms with van der Waals surface area (Å²) in [6, 6.07) is 14.9. The molecule has 2 aromatic rings. The van der Waals surface area contributed by atoms with Gasteiger partial charge in [0.1, 0.15) is 12.4 Å². The van der Waals surface area contributed by atoms with E-state index in [0.717, 1.165) is 45.1 Å². The van der Waals surface area contributed by atoms with Crippen LogP contribution >= 0.6 is 0 Å². The lowest BCUT2D eigenvalue weighted by Gasteiger charge is -2.37. The molecule has 0 amide bonds. The molecule has 130 valence electrons. The molecule has 0 aliphatic carbocycles. The Morgan fingerprint density at radius 1 is 0.958 bits per heavy atom. The van der Waals surface area contributed by atoms with Crippen LogP contribution in [0.3, 0.4) is 0 Å². The van der Waals surface area contributed by atoms with E-state index in [-0.39, 0.29) is 0 Å². The van der Waals surface area contributed by atoms with Gasteiger partial charge in [-0.15, -0.1) is 0 Å². The Bertz CT molecular complexity index is 633. The second kappa shape index (κ2) is 8.47. The molecule has 24 heavy (non-hydrogen) atoms. The fraction of sp³-hybridized carbons (Fsp3) is 0.500. The highest BCUT2D eigenvalue weighted by molar-refractivity contribution is 5.88. The molecule has 1 saturated heterocycles. The third-order valence-corrected chi connectivity index (χ3v) is 4.75. The highest BCUT2D eigenvalue weighted by atomic mass is 16.5. The monoisotopic (exact) mass is 328 g/mol. The molecule has 0 saturated carbocycles. The van der Waals surface area contributed by atoms with Crippen molar-refractivity contribution in [3.05, 3.63) is 42.5 Å². The average Bonchev–Trinajstić information content (AvgIpc) is 2.63. The molecule has 0 bridgehead atoms. The van der Waals surface area contributed by atoms with Crippen LogP contribution in [-0.4, -0.2) is 68.9 Å². The van der Waals surface area contributed by atoms with Crippen molar-refractivity contribution < 1.29 is 9.47 Å². The van der Waals surface area contributed by atoms with Crippen LogP contribution in [0.1, 0.15) is 6.92 Å². The summed E-state index contributed by atoms with van der Waals surface area (Å²) in [6.45, 7) is 8.56. The molecule has 2 aromatic carbocycles. The van der Waals surface area contributed by atoms with Gasteiger partial charge < -0.3 is 14.4 Å². The van der Waals surface area contributed by atoms with Gasteiger partial charge in [0, 0.05) is 38.2 Å². The lowest BCUT2D eigenvalue weighted by molar-refractivity contribution is 0.0204. The summed E-state index contributed by atoms with van der Waals surface area (Å²) in [5, 5.41) is 2.39. The van der Waals surface area contributed by atoms with Gasteiger partial charge in [0.15, 0.2) is 0 Å². The number of fused-ring (bicyclic) bond motifs is 1. The van der Waals surface area contributed by atoms with Crippen LogP contribution in [0, 0.1) is 0 Å². The standard InChI is InChI=1S/C20H28N2O2/c1-3-23-15-18(22-13-11-21(2)12-14-22)16-24-20-10-6-8-17-7-4-5-9-19(17)20/h4-10,18H,3,11-16H2,1-2H3. The first-order chi connectivity index (χ1) is 11.8. The van der Waals surface area contributed by atoms with E-state index in [9.17, 15) is 0 Å². The molecular weight excluding hydrogens is 300 g/mol. The predicted molar refractivity (Wildman–Crippen MR) is 98.8 cm³/mol. The highest BCUT2D eigenvalue weighted by Gasteiger charge is 2.23. The van der Waals surface area contributed by atoms with Crippen molar-refractivity contribution in [3.8, 4) is 5.75 Å². The zero-order valence-corrected chi connectivity index (χ0v) is 14.8. The van der Waals surface area contributed by atoms with Crippen molar-refractivity contribution in [1.29, 1.82) is 0 Å². The molecule has 1 unspecified atom stereocenters. The number of benzene rings is 2. The summed E-state index contributed by atoms with van der Waals surface area (Å²) >= 11 is 0. The van der Waals surface area contributed by atoms with E-state index >= 15 is 0 Å². The van der Waals surface area contributed by atoms with Gasteiger partial charge in [-0.1, -0.05) is 36.4 Å². The number of hydrogen-bond acceptors (Lipinski definition) is 4. The number of likely N-dealkylation sites (N-methyl/N-ethyl adjacent to an activating group) is 1. The van der Waals surface area contributed by atoms with E-state index < -0.39 is 0 Å². The Hall–Kier alpha value is -1.62. The highest BCUT2D eigenvalue weighted by Crippen LogP contribution is 2.25. The average molecular weight is 328 g/mol. The predicted octanol–water partition coefficient (Wildman–Crippen LogP) is 2.87. The molecular formula is C20H28N2O2. The first-order valence-corrected chi connectivity index (χ1v) is 8.89. The normalized spacial score (nSPS) is 17.9. The lowest BCUT2D eigenvalue weighted by atomic mass is 10.1. The van der Waals surface area contributed by atoms with E-state index in [1.807, 2.05) is 6.92 Å². The van der Waals surface area contributed by atoms with Gasteiger partial charge in [0.05, 0.1) is 12.6 Å². The molecule has 4 heteroatoms. The zero-order valence-electron chi connectivity index (χ0n) is 14.8. The molecule has 1 atom stereocenters. The second-order valence-electron chi connectivity index (χ2n) is 6.44. The fourth-order valence-electron chi connectivity index (χ4n) is 3.21. The maximum absolute atomic E-state index is 6.22. The first-order valence-electron chi connectivity index (χ1n) is 8.89. The lowest BCUT2D eigenvalue weighted by Crippen LogP contribution is -2.52. The summed E-state index contributed by atoms with van der Waals surface area (Å²) in [5.74, 6) is 0.962. The van der Waals surface area contributed by atoms with Crippen molar-refractivity contribution in [2.24, 2.45) is 0 Å². The van der Waals surface area contributed by atoms with Crippen molar-refractivity contribution in [2.45, 2.75) is 13.0 Å². The molecule has 4 nitrogen and oxygen atoms in total. The molecule has 1 aliphatic heterocycles. The van der Waals surface area contributed by atoms with Gasteiger partial charge in [-0.3, -0.25) is 4.90 Å². The molecule has 1 fully saturated rings. The van der Waals surface area contributed by atoms with Crippen molar-refractivity contribution >= 4 is 10.8 Å². The van der Waals surface area contributed by atoms with Gasteiger partial charge >= 0.3 is 0 Å². The minimum absolute atomic E-state index is 0.303. The summed E-state index contributed by atoms with van der Waals surface area (Å²) < 4.78 is 11.9. The fourth-order valence-corrected chi connectivity index (χ4v) is 3.21. The number of nitrogens with zero attached hydrogens (tertiary/aromatic N) is 2. The van der Waals surface area contributed by atoms with Crippen molar-refractivity contribution in [2.75, 3.05) is 53.0 Å². The second-order valence-corrected chi connectivity index (χ2v) is 6.44. The van der Waals surface area contributed by atoms with Crippen LogP contribution in [0.4, 0.5) is 0 Å². The smallest absolute Gasteiger partial charge is 0.127 e. The topological polar surface area (TPSA) is 24.9 Å². The number of hydrogen-bond donors (Lipinski definition) is 0. The quantitative estimate of drug-likeness (QED) is 0.780. The Kier molecular flexibility index (Phi) is 6.07. The summed E-state index contributed by atoms with van der Waals surface area (Å²) in [6.07, 6.45) is 0. The zero-order chi connectivity index (χ0) is 16.8. The third-order valence-electron chi connectivity index (χ3n) is 4.75. The van der Waals surface area contributed by atoms with Gasteiger partial charge in [0.2, 0.25) is 0 Å². The summed E-state index contributed by atoms with van der Waals surface area (Å²) in [4.78, 5) is 4.88. The Morgan fingerprint density at radius 3 is 2.50 bits per heavy atom. The molecule has 0 spiro atoms. The van der Waals surface area contributed by atoms with Crippen LogP contribution in [0.25, 0.3) is 10.8 Å². The van der Waals surface area contributed by atoms with Crippen LogP contribution < -0.4 is 4.74 Å². The minimum Gasteiger partial charge on any atom is -0.491 e. The molecule has 1 heterocycles. The van der Waals surface area contributed by atoms with E-state index in [0.29, 0.717) is 12.6 Å². The van der Waals surface area contributed by atoms with Crippen LogP contribution in [-0.2, 0) is 4.74 Å². The molecule has 3 rings (SSSR count). The van der Waals surface area contributed by atoms with Crippen LogP contribution in [0.2, 0.25) is 0 Å². The van der Waals surface area contributed by atoms with Crippen LogP contribution in [0.5, 0.6) is 5.75 Å². The van der Waals surface area contributed by atoms with Gasteiger partial charge in [-0.2, -0.15) is 0 Å². The molecule has 0 aromatic heterocycles. The van der Waals surface area contributed by atoms with E-state index in [2.05, 4.69) is 59.3 Å². The van der Waals surface area contributed by atoms with Gasteiger partial charge in [-0.25, -0.2) is 0 Å². The summed E-state index contributed by atoms with van der Waals surface area (Å²) in [7, 11) is 2.18. The molecule has 0 N–H and O–H groups in total. The van der Waals surface area contributed by atoms with E-state index in [1.54, 1.807) is 0 Å². The molecule has 0 radical (unpaired) electrons. The minimum atomic E-state index is 0.303. The third kappa shape index (κ3) is 4.26. The number of piperazine rings is 1. The Balaban J connectivity index is 1.68. The number of rotatable bonds is 7. The van der Waals surface area contributed by atoms with Gasteiger partial charge in [-0.05, 0) is 25.4 Å². The van der Waals surface area contributed by atoms with Crippen LogP contribution in [0.15, 0.2) is 42.5 Å². The maximum atomic E-state index is 6.22. The van der Waals surface area contributed by atoms with E-state index in [4.69, 9.17) is 9.47 Å².